The van der Waals surface area contributed by atoms with E-state index in [0.29, 0.717) is 43.6 Å². The molecule has 148 valence electrons. The zero-order valence-electron chi connectivity index (χ0n) is 16.4. The van der Waals surface area contributed by atoms with E-state index in [0.717, 1.165) is 18.5 Å². The number of hydrogen-bond acceptors (Lipinski definition) is 6. The molecule has 0 radical (unpaired) electrons. The maximum atomic E-state index is 13.1. The quantitative estimate of drug-likeness (QED) is 0.772. The molecule has 2 aliphatic heterocycles. The second-order valence-corrected chi connectivity index (χ2v) is 8.47. The van der Waals surface area contributed by atoms with Crippen molar-refractivity contribution in [2.45, 2.75) is 32.1 Å². The van der Waals surface area contributed by atoms with Crippen LogP contribution in [0, 0.1) is 25.7 Å². The van der Waals surface area contributed by atoms with Gasteiger partial charge in [0.05, 0.1) is 5.41 Å². The van der Waals surface area contributed by atoms with E-state index >= 15 is 0 Å². The highest BCUT2D eigenvalue weighted by atomic mass is 16.5. The standard InChI is InChI=1S/C19H24N6O3/c1-11-6-15(21-23(11)3)17(27)25-8-14-7-24(16(26)13-4-5-13)9-19(14,10-25)18-20-12(2)22-28-18/h6,13-14H,4-5,7-10H2,1-3H3/t14-,19-/m1/s1. The van der Waals surface area contributed by atoms with Crippen LogP contribution in [-0.4, -0.2) is 67.7 Å². The summed E-state index contributed by atoms with van der Waals surface area (Å²) in [7, 11) is 1.83. The van der Waals surface area contributed by atoms with Crippen molar-refractivity contribution in [3.05, 3.63) is 29.2 Å². The summed E-state index contributed by atoms with van der Waals surface area (Å²) in [6.45, 7) is 5.88. The van der Waals surface area contributed by atoms with Gasteiger partial charge in [0.2, 0.25) is 11.8 Å². The van der Waals surface area contributed by atoms with Crippen LogP contribution in [0.3, 0.4) is 0 Å². The summed E-state index contributed by atoms with van der Waals surface area (Å²) < 4.78 is 7.26. The SMILES string of the molecule is Cc1noc([C@]23CN(C(=O)c4cc(C)n(C)n4)C[C@H]2CN(C(=O)C2CC2)C3)n1. The number of aromatic nitrogens is 4. The summed E-state index contributed by atoms with van der Waals surface area (Å²) in [5, 5.41) is 8.30. The molecule has 2 atom stereocenters. The molecule has 0 unspecified atom stereocenters. The molecule has 2 aromatic heterocycles. The molecule has 0 aromatic carbocycles. The van der Waals surface area contributed by atoms with Crippen molar-refractivity contribution in [1.29, 1.82) is 0 Å². The maximum Gasteiger partial charge on any atom is 0.274 e. The largest absolute Gasteiger partial charge is 0.341 e. The Morgan fingerprint density at radius 2 is 1.89 bits per heavy atom. The highest BCUT2D eigenvalue weighted by Gasteiger charge is 2.59. The van der Waals surface area contributed by atoms with Gasteiger partial charge in [-0.1, -0.05) is 5.16 Å². The molecule has 0 bridgehead atoms. The molecule has 4 heterocycles. The lowest BCUT2D eigenvalue weighted by Crippen LogP contribution is -2.41. The molecule has 1 aliphatic carbocycles. The van der Waals surface area contributed by atoms with Gasteiger partial charge in [-0.2, -0.15) is 10.1 Å². The van der Waals surface area contributed by atoms with Crippen LogP contribution in [0.4, 0.5) is 0 Å². The molecule has 2 saturated heterocycles. The van der Waals surface area contributed by atoms with E-state index < -0.39 is 5.41 Å². The molecule has 5 rings (SSSR count). The maximum absolute atomic E-state index is 13.1. The zero-order chi connectivity index (χ0) is 19.6. The van der Waals surface area contributed by atoms with Crippen LogP contribution in [0.1, 0.15) is 40.7 Å². The van der Waals surface area contributed by atoms with Crippen LogP contribution in [0.15, 0.2) is 10.6 Å². The van der Waals surface area contributed by atoms with Crippen molar-refractivity contribution in [3.63, 3.8) is 0 Å². The highest BCUT2D eigenvalue weighted by Crippen LogP contribution is 2.46. The smallest absolute Gasteiger partial charge is 0.274 e. The molecule has 9 nitrogen and oxygen atoms in total. The average Bonchev–Trinajstić information content (AvgIpc) is 2.96. The Bertz CT molecular complexity index is 941. The van der Waals surface area contributed by atoms with Gasteiger partial charge in [0.25, 0.3) is 5.91 Å². The fraction of sp³-hybridized carbons (Fsp3) is 0.632. The van der Waals surface area contributed by atoms with Gasteiger partial charge in [0, 0.05) is 50.8 Å². The first-order valence-electron chi connectivity index (χ1n) is 9.77. The van der Waals surface area contributed by atoms with Crippen LogP contribution < -0.4 is 0 Å². The third-order valence-corrected chi connectivity index (χ3v) is 6.42. The van der Waals surface area contributed by atoms with E-state index in [1.165, 1.54) is 0 Å². The number of nitrogens with zero attached hydrogens (tertiary/aromatic N) is 6. The Morgan fingerprint density at radius 1 is 1.18 bits per heavy atom. The molecule has 3 aliphatic rings. The lowest BCUT2D eigenvalue weighted by atomic mass is 9.81. The minimum atomic E-state index is -0.495. The van der Waals surface area contributed by atoms with E-state index in [9.17, 15) is 9.59 Å². The van der Waals surface area contributed by atoms with Crippen molar-refractivity contribution in [2.75, 3.05) is 26.2 Å². The molecule has 9 heteroatoms. The van der Waals surface area contributed by atoms with Crippen LogP contribution in [0.25, 0.3) is 0 Å². The van der Waals surface area contributed by atoms with Gasteiger partial charge >= 0.3 is 0 Å². The number of carbonyl (C=O) groups excluding carboxylic acids is 2. The van der Waals surface area contributed by atoms with Gasteiger partial charge in [-0.3, -0.25) is 14.3 Å². The molecule has 1 saturated carbocycles. The van der Waals surface area contributed by atoms with E-state index in [1.54, 1.807) is 11.6 Å². The predicted molar refractivity (Wildman–Crippen MR) is 97.4 cm³/mol. The van der Waals surface area contributed by atoms with Gasteiger partial charge < -0.3 is 14.3 Å². The molecule has 3 fully saturated rings. The topological polar surface area (TPSA) is 97.4 Å². The molecule has 28 heavy (non-hydrogen) atoms. The van der Waals surface area contributed by atoms with Gasteiger partial charge in [-0.05, 0) is 32.8 Å². The van der Waals surface area contributed by atoms with Crippen molar-refractivity contribution in [2.24, 2.45) is 18.9 Å². The van der Waals surface area contributed by atoms with Crippen molar-refractivity contribution in [3.8, 4) is 0 Å². The van der Waals surface area contributed by atoms with Gasteiger partial charge in [0.15, 0.2) is 11.5 Å². The molecule has 0 N–H and O–H groups in total. The monoisotopic (exact) mass is 384 g/mol. The molecule has 0 spiro atoms. The van der Waals surface area contributed by atoms with E-state index in [1.807, 2.05) is 29.8 Å². The Hall–Kier alpha value is -2.71. The number of hydrogen-bond donors (Lipinski definition) is 0. The predicted octanol–water partition coefficient (Wildman–Crippen LogP) is 0.682. The third-order valence-electron chi connectivity index (χ3n) is 6.42. The van der Waals surface area contributed by atoms with Crippen molar-refractivity contribution < 1.29 is 14.1 Å². The molecule has 2 amide bonds. The summed E-state index contributed by atoms with van der Waals surface area (Å²) in [4.78, 5) is 34.0. The third kappa shape index (κ3) is 2.56. The highest BCUT2D eigenvalue weighted by molar-refractivity contribution is 5.93. The summed E-state index contributed by atoms with van der Waals surface area (Å²) in [5.74, 6) is 1.50. The summed E-state index contributed by atoms with van der Waals surface area (Å²) in [6.07, 6.45) is 1.96. The molecule has 2 aromatic rings. The second-order valence-electron chi connectivity index (χ2n) is 8.47. The first-order valence-corrected chi connectivity index (χ1v) is 9.77. The van der Waals surface area contributed by atoms with Gasteiger partial charge in [-0.25, -0.2) is 0 Å². The van der Waals surface area contributed by atoms with E-state index in [4.69, 9.17) is 4.52 Å². The number of fused-ring (bicyclic) bond motifs is 1. The van der Waals surface area contributed by atoms with Crippen LogP contribution in [0.5, 0.6) is 0 Å². The van der Waals surface area contributed by atoms with E-state index in [2.05, 4.69) is 15.2 Å². The van der Waals surface area contributed by atoms with Crippen LogP contribution in [-0.2, 0) is 17.3 Å². The number of aryl methyl sites for hydroxylation is 3. The van der Waals surface area contributed by atoms with Crippen LogP contribution >= 0.6 is 0 Å². The fourth-order valence-electron chi connectivity index (χ4n) is 4.61. The summed E-state index contributed by atoms with van der Waals surface area (Å²) in [6, 6.07) is 1.81. The first kappa shape index (κ1) is 17.4. The minimum Gasteiger partial charge on any atom is -0.341 e. The second kappa shape index (κ2) is 5.89. The normalized spacial score (nSPS) is 26.8. The molecular formula is C19H24N6O3. The van der Waals surface area contributed by atoms with Crippen molar-refractivity contribution >= 4 is 11.8 Å². The number of carbonyl (C=O) groups is 2. The Morgan fingerprint density at radius 3 is 2.50 bits per heavy atom. The Kier molecular flexibility index (Phi) is 3.66. The lowest BCUT2D eigenvalue weighted by molar-refractivity contribution is -0.131. The van der Waals surface area contributed by atoms with Gasteiger partial charge in [-0.15, -0.1) is 0 Å². The van der Waals surface area contributed by atoms with Crippen LogP contribution in [0.2, 0.25) is 0 Å². The molecular weight excluding hydrogens is 360 g/mol. The minimum absolute atomic E-state index is 0.0869. The fourth-order valence-corrected chi connectivity index (χ4v) is 4.61. The number of amides is 2. The Labute approximate surface area is 162 Å². The summed E-state index contributed by atoms with van der Waals surface area (Å²) >= 11 is 0. The number of likely N-dealkylation sites (tertiary alicyclic amines) is 2. The Balaban J connectivity index is 1.44. The number of rotatable bonds is 3. The zero-order valence-corrected chi connectivity index (χ0v) is 16.4. The average molecular weight is 384 g/mol. The summed E-state index contributed by atoms with van der Waals surface area (Å²) in [5.41, 5.74) is 0.889. The van der Waals surface area contributed by atoms with E-state index in [-0.39, 0.29) is 23.7 Å². The van der Waals surface area contributed by atoms with Gasteiger partial charge in [0.1, 0.15) is 0 Å². The first-order chi connectivity index (χ1) is 13.4. The lowest BCUT2D eigenvalue weighted by Gasteiger charge is -2.25. The van der Waals surface area contributed by atoms with Crippen molar-refractivity contribution in [1.82, 2.24) is 29.7 Å².